The Balaban J connectivity index is 1.88. The smallest absolute Gasteiger partial charge is 0.340 e. The molecule has 0 spiro atoms. The van der Waals surface area contributed by atoms with Gasteiger partial charge in [0, 0.05) is 4.88 Å². The number of hydrogen-bond donors (Lipinski definition) is 1. The van der Waals surface area contributed by atoms with E-state index in [-0.39, 0.29) is 5.91 Å². The van der Waals surface area contributed by atoms with E-state index in [1.165, 1.54) is 18.9 Å². The molecular formula is C16H12N2O3S2. The molecule has 2 aromatic rings. The first kappa shape index (κ1) is 15.5. The second kappa shape index (κ2) is 6.80. The average molecular weight is 344 g/mol. The van der Waals surface area contributed by atoms with Crippen LogP contribution in [-0.4, -0.2) is 24.2 Å². The van der Waals surface area contributed by atoms with Crippen molar-refractivity contribution in [2.24, 2.45) is 4.99 Å². The number of para-hydroxylation sites is 1. The van der Waals surface area contributed by atoms with Crippen LogP contribution in [0, 0.1) is 0 Å². The van der Waals surface area contributed by atoms with Crippen LogP contribution >= 0.6 is 23.1 Å². The number of methoxy groups -OCH3 is 1. The van der Waals surface area contributed by atoms with Crippen LogP contribution in [-0.2, 0) is 9.53 Å². The summed E-state index contributed by atoms with van der Waals surface area (Å²) in [5.74, 6) is -0.661. The lowest BCUT2D eigenvalue weighted by Gasteiger charge is -2.03. The van der Waals surface area contributed by atoms with Gasteiger partial charge in [-0.2, -0.15) is 0 Å². The summed E-state index contributed by atoms with van der Waals surface area (Å²) in [5, 5.41) is 5.10. The normalized spacial score (nSPS) is 17.5. The van der Waals surface area contributed by atoms with Gasteiger partial charge >= 0.3 is 5.97 Å². The molecule has 1 aromatic carbocycles. The number of carbonyl (C=O) groups is 2. The lowest BCUT2D eigenvalue weighted by Crippen LogP contribution is -2.19. The van der Waals surface area contributed by atoms with Crippen LogP contribution in [0.25, 0.3) is 6.08 Å². The number of hydrogen-bond acceptors (Lipinski definition) is 6. The molecule has 1 aliphatic rings. The SMILES string of the molecule is COC(=O)c1ccccc1N=C1NC(=O)/C(=C\c2cccs2)S1. The molecule has 23 heavy (non-hydrogen) atoms. The van der Waals surface area contributed by atoms with Gasteiger partial charge in [0.2, 0.25) is 0 Å². The summed E-state index contributed by atoms with van der Waals surface area (Å²) in [7, 11) is 1.32. The zero-order chi connectivity index (χ0) is 16.2. The molecule has 116 valence electrons. The van der Waals surface area contributed by atoms with Gasteiger partial charge in [0.1, 0.15) is 0 Å². The second-order valence-electron chi connectivity index (χ2n) is 4.51. The van der Waals surface area contributed by atoms with Gasteiger partial charge in [0.15, 0.2) is 5.17 Å². The van der Waals surface area contributed by atoms with Crippen LogP contribution in [0.4, 0.5) is 5.69 Å². The summed E-state index contributed by atoms with van der Waals surface area (Å²) in [5.41, 5.74) is 0.813. The maximum absolute atomic E-state index is 12.0. The fourth-order valence-corrected chi connectivity index (χ4v) is 3.50. The third-order valence-electron chi connectivity index (χ3n) is 3.00. The molecule has 0 unspecified atom stereocenters. The van der Waals surface area contributed by atoms with Gasteiger partial charge in [-0.25, -0.2) is 9.79 Å². The highest BCUT2D eigenvalue weighted by Gasteiger charge is 2.24. The van der Waals surface area contributed by atoms with E-state index in [4.69, 9.17) is 4.74 Å². The number of esters is 1. The van der Waals surface area contributed by atoms with Crippen molar-refractivity contribution in [3.05, 3.63) is 57.1 Å². The molecular weight excluding hydrogens is 332 g/mol. The molecule has 0 atom stereocenters. The number of thiophene rings is 1. The Hall–Kier alpha value is -2.38. The van der Waals surface area contributed by atoms with Crippen molar-refractivity contribution < 1.29 is 14.3 Å². The average Bonchev–Trinajstić information content (AvgIpc) is 3.18. The number of carbonyl (C=O) groups excluding carboxylic acids is 2. The van der Waals surface area contributed by atoms with E-state index < -0.39 is 5.97 Å². The van der Waals surface area contributed by atoms with Crippen molar-refractivity contribution in [1.29, 1.82) is 0 Å². The summed E-state index contributed by atoms with van der Waals surface area (Å²) < 4.78 is 4.74. The van der Waals surface area contributed by atoms with Gasteiger partial charge in [-0.15, -0.1) is 11.3 Å². The zero-order valence-electron chi connectivity index (χ0n) is 12.1. The van der Waals surface area contributed by atoms with Crippen molar-refractivity contribution in [2.75, 3.05) is 7.11 Å². The minimum absolute atomic E-state index is 0.197. The van der Waals surface area contributed by atoms with Crippen molar-refractivity contribution in [2.45, 2.75) is 0 Å². The van der Waals surface area contributed by atoms with E-state index in [1.54, 1.807) is 35.6 Å². The zero-order valence-corrected chi connectivity index (χ0v) is 13.7. The van der Waals surface area contributed by atoms with E-state index in [2.05, 4.69) is 10.3 Å². The number of aliphatic imine (C=N–C) groups is 1. The monoisotopic (exact) mass is 344 g/mol. The van der Waals surface area contributed by atoms with Crippen molar-refractivity contribution in [3.63, 3.8) is 0 Å². The largest absolute Gasteiger partial charge is 0.465 e. The minimum Gasteiger partial charge on any atom is -0.465 e. The van der Waals surface area contributed by atoms with Gasteiger partial charge in [-0.1, -0.05) is 18.2 Å². The first-order chi connectivity index (χ1) is 11.2. The molecule has 3 rings (SSSR count). The highest BCUT2D eigenvalue weighted by Crippen LogP contribution is 2.30. The first-order valence-corrected chi connectivity index (χ1v) is 8.37. The van der Waals surface area contributed by atoms with E-state index in [9.17, 15) is 9.59 Å². The highest BCUT2D eigenvalue weighted by atomic mass is 32.2. The van der Waals surface area contributed by atoms with Crippen molar-refractivity contribution in [1.82, 2.24) is 5.32 Å². The van der Waals surface area contributed by atoms with E-state index in [0.717, 1.165) is 4.88 Å². The van der Waals surface area contributed by atoms with Gasteiger partial charge in [-0.3, -0.25) is 4.79 Å². The third kappa shape index (κ3) is 3.52. The van der Waals surface area contributed by atoms with Crippen molar-refractivity contribution >= 4 is 51.9 Å². The molecule has 0 aliphatic carbocycles. The lowest BCUT2D eigenvalue weighted by atomic mass is 10.2. The number of thioether (sulfide) groups is 1. The summed E-state index contributed by atoms with van der Waals surface area (Å²) in [6.07, 6.45) is 1.82. The molecule has 1 aromatic heterocycles. The van der Waals surface area contributed by atoms with Crippen LogP contribution in [0.15, 0.2) is 51.7 Å². The Morgan fingerprint density at radius 1 is 1.26 bits per heavy atom. The molecule has 1 N–H and O–H groups in total. The van der Waals surface area contributed by atoms with Crippen LogP contribution < -0.4 is 5.32 Å². The fraction of sp³-hybridized carbons (Fsp3) is 0.0625. The number of amidine groups is 1. The third-order valence-corrected chi connectivity index (χ3v) is 4.73. The van der Waals surface area contributed by atoms with E-state index >= 15 is 0 Å². The number of nitrogens with zero attached hydrogens (tertiary/aromatic N) is 1. The summed E-state index contributed by atoms with van der Waals surface area (Å²) in [6, 6.07) is 10.7. The summed E-state index contributed by atoms with van der Waals surface area (Å²) in [4.78, 5) is 29.7. The number of ether oxygens (including phenoxy) is 1. The predicted molar refractivity (Wildman–Crippen MR) is 92.9 cm³/mol. The second-order valence-corrected chi connectivity index (χ2v) is 6.52. The van der Waals surface area contributed by atoms with Crippen LogP contribution in [0.1, 0.15) is 15.2 Å². The lowest BCUT2D eigenvalue weighted by molar-refractivity contribution is -0.115. The van der Waals surface area contributed by atoms with Crippen LogP contribution in [0.5, 0.6) is 0 Å². The molecule has 1 fully saturated rings. The van der Waals surface area contributed by atoms with Crippen LogP contribution in [0.3, 0.4) is 0 Å². The highest BCUT2D eigenvalue weighted by molar-refractivity contribution is 8.18. The molecule has 5 nitrogen and oxygen atoms in total. The first-order valence-electron chi connectivity index (χ1n) is 6.68. The Kier molecular flexibility index (Phi) is 4.59. The minimum atomic E-state index is -0.464. The van der Waals surface area contributed by atoms with E-state index in [1.807, 2.05) is 23.6 Å². The maximum atomic E-state index is 12.0. The Morgan fingerprint density at radius 3 is 2.83 bits per heavy atom. The number of rotatable bonds is 3. The van der Waals surface area contributed by atoms with Gasteiger partial charge in [0.25, 0.3) is 5.91 Å². The fourth-order valence-electron chi connectivity index (χ4n) is 1.95. The molecule has 0 bridgehead atoms. The summed E-state index contributed by atoms with van der Waals surface area (Å²) >= 11 is 2.80. The predicted octanol–water partition coefficient (Wildman–Crippen LogP) is 3.43. The molecule has 1 aliphatic heterocycles. The van der Waals surface area contributed by atoms with Crippen LogP contribution in [0.2, 0.25) is 0 Å². The van der Waals surface area contributed by atoms with Gasteiger partial charge in [-0.05, 0) is 41.4 Å². The number of benzene rings is 1. The maximum Gasteiger partial charge on any atom is 0.340 e. The standard InChI is InChI=1S/C16H12N2O3S2/c1-21-15(20)11-6-2-3-7-12(11)17-16-18-14(19)13(23-16)9-10-5-4-8-22-10/h2-9H,1H3,(H,17,18,19)/b13-9+. The molecule has 2 heterocycles. The topological polar surface area (TPSA) is 67.8 Å². The van der Waals surface area contributed by atoms with Gasteiger partial charge in [0.05, 0.1) is 23.3 Å². The molecule has 0 saturated carbocycles. The Morgan fingerprint density at radius 2 is 2.09 bits per heavy atom. The molecule has 0 radical (unpaired) electrons. The molecule has 1 saturated heterocycles. The Bertz CT molecular complexity index is 810. The summed E-state index contributed by atoms with van der Waals surface area (Å²) in [6.45, 7) is 0. The quantitative estimate of drug-likeness (QED) is 0.684. The van der Waals surface area contributed by atoms with Gasteiger partial charge < -0.3 is 10.1 Å². The van der Waals surface area contributed by atoms with E-state index in [0.29, 0.717) is 21.3 Å². The number of amides is 1. The number of nitrogens with one attached hydrogen (secondary N) is 1. The Labute approximate surface area is 141 Å². The van der Waals surface area contributed by atoms with Crippen molar-refractivity contribution in [3.8, 4) is 0 Å². The molecule has 1 amide bonds. The molecule has 7 heteroatoms.